The summed E-state index contributed by atoms with van der Waals surface area (Å²) in [4.78, 5) is 26.7. The molecule has 134 valence electrons. The summed E-state index contributed by atoms with van der Waals surface area (Å²) in [5.74, 6) is -2.80. The van der Waals surface area contributed by atoms with Crippen molar-refractivity contribution in [1.29, 1.82) is 0 Å². The van der Waals surface area contributed by atoms with Gasteiger partial charge in [0.25, 0.3) is 11.9 Å². The van der Waals surface area contributed by atoms with Gasteiger partial charge in [0.1, 0.15) is 5.92 Å². The number of fused-ring (bicyclic) bond motifs is 4. The van der Waals surface area contributed by atoms with E-state index in [1.807, 2.05) is 0 Å². The number of hydrogen-bond donors (Lipinski definition) is 0. The monoisotopic (exact) mass is 355 g/mol. The van der Waals surface area contributed by atoms with Crippen LogP contribution in [-0.4, -0.2) is 47.6 Å². The maximum absolute atomic E-state index is 13.8. The number of nitrogens with zero attached hydrogens (tertiary/aromatic N) is 3. The first-order chi connectivity index (χ1) is 11.7. The molecule has 0 aliphatic carbocycles. The molecule has 1 spiro atoms. The molecule has 0 aromatic heterocycles. The third-order valence-electron chi connectivity index (χ3n) is 5.85. The molecule has 2 saturated heterocycles. The number of hydrogen-bond acceptors (Lipinski definition) is 4. The predicted octanol–water partition coefficient (Wildman–Crippen LogP) is 2.16. The molecule has 0 saturated carbocycles. The van der Waals surface area contributed by atoms with Gasteiger partial charge in [-0.25, -0.2) is 0 Å². The molecule has 25 heavy (non-hydrogen) atoms. The molecule has 0 unspecified atom stereocenters. The van der Waals surface area contributed by atoms with Crippen molar-refractivity contribution in [3.05, 3.63) is 39.9 Å². The van der Waals surface area contributed by atoms with E-state index in [0.717, 1.165) is 0 Å². The number of rotatable bonds is 1. The van der Waals surface area contributed by atoms with Gasteiger partial charge in [-0.3, -0.25) is 19.8 Å². The second kappa shape index (κ2) is 4.94. The van der Waals surface area contributed by atoms with Crippen molar-refractivity contribution in [2.24, 2.45) is 5.92 Å². The summed E-state index contributed by atoms with van der Waals surface area (Å²) in [5, 5.41) is 11.8. The Morgan fingerprint density at radius 1 is 1.32 bits per heavy atom. The van der Waals surface area contributed by atoms with Crippen LogP contribution in [0.15, 0.2) is 24.3 Å². The third kappa shape index (κ3) is 1.81. The molecule has 4 rings (SSSR count). The van der Waals surface area contributed by atoms with Crippen LogP contribution in [0.4, 0.5) is 18.9 Å². The zero-order valence-electron chi connectivity index (χ0n) is 13.4. The number of anilines is 1. The zero-order valence-corrected chi connectivity index (χ0v) is 13.4. The SMILES string of the molecule is CN1C(=O)[C@@]2(c3ccccc31)[C@H]([N+](=O)[O-])[C@@H](C(F)(F)F)[C@@H]1CCCN12. The maximum atomic E-state index is 13.8. The van der Waals surface area contributed by atoms with Gasteiger partial charge in [-0.15, -0.1) is 0 Å². The Hall–Kier alpha value is -2.16. The minimum atomic E-state index is -4.75. The highest BCUT2D eigenvalue weighted by molar-refractivity contribution is 6.08. The minimum Gasteiger partial charge on any atom is -0.313 e. The summed E-state index contributed by atoms with van der Waals surface area (Å²) in [5.41, 5.74) is -1.13. The van der Waals surface area contributed by atoms with Crippen LogP contribution in [0.25, 0.3) is 0 Å². The molecule has 1 amide bonds. The van der Waals surface area contributed by atoms with Crippen LogP contribution in [0.2, 0.25) is 0 Å². The van der Waals surface area contributed by atoms with Crippen LogP contribution in [0.5, 0.6) is 0 Å². The zero-order chi connectivity index (χ0) is 18.1. The number of likely N-dealkylation sites (N-methyl/N-ethyl adjacent to an activating group) is 1. The smallest absolute Gasteiger partial charge is 0.313 e. The highest BCUT2D eigenvalue weighted by atomic mass is 19.4. The normalized spacial score (nSPS) is 34.6. The molecule has 3 heterocycles. The molecule has 0 N–H and O–H groups in total. The first kappa shape index (κ1) is 16.3. The van der Waals surface area contributed by atoms with Crippen LogP contribution in [0.3, 0.4) is 0 Å². The van der Waals surface area contributed by atoms with E-state index in [2.05, 4.69) is 0 Å². The molecule has 0 radical (unpaired) electrons. The second-order valence-corrected chi connectivity index (χ2v) is 6.85. The van der Waals surface area contributed by atoms with E-state index in [9.17, 15) is 28.1 Å². The Labute approximate surface area is 141 Å². The van der Waals surface area contributed by atoms with Gasteiger partial charge >= 0.3 is 6.18 Å². The fourth-order valence-corrected chi connectivity index (χ4v) is 5.06. The fraction of sp³-hybridized carbons (Fsp3) is 0.562. The fourth-order valence-electron chi connectivity index (χ4n) is 5.06. The van der Waals surface area contributed by atoms with Crippen LogP contribution >= 0.6 is 0 Å². The number of carbonyl (C=O) groups excluding carboxylic acids is 1. The number of alkyl halides is 3. The Balaban J connectivity index is 2.02. The molecule has 3 aliphatic rings. The Morgan fingerprint density at radius 2 is 2.00 bits per heavy atom. The van der Waals surface area contributed by atoms with Gasteiger partial charge in [0, 0.05) is 35.8 Å². The minimum absolute atomic E-state index is 0.204. The number of benzene rings is 1. The summed E-state index contributed by atoms with van der Waals surface area (Å²) < 4.78 is 41.4. The van der Waals surface area contributed by atoms with Crippen molar-refractivity contribution in [3.63, 3.8) is 0 Å². The Kier molecular flexibility index (Phi) is 3.22. The lowest BCUT2D eigenvalue weighted by Crippen LogP contribution is -2.57. The van der Waals surface area contributed by atoms with Crippen molar-refractivity contribution >= 4 is 11.6 Å². The van der Waals surface area contributed by atoms with Gasteiger partial charge in [-0.05, 0) is 18.9 Å². The molecule has 3 aliphatic heterocycles. The van der Waals surface area contributed by atoms with Crippen molar-refractivity contribution in [2.45, 2.75) is 36.6 Å². The number of halogens is 3. The van der Waals surface area contributed by atoms with Gasteiger partial charge in [-0.1, -0.05) is 18.2 Å². The lowest BCUT2D eigenvalue weighted by atomic mass is 9.79. The average Bonchev–Trinajstić information content (AvgIpc) is 3.16. The maximum Gasteiger partial charge on any atom is 0.400 e. The van der Waals surface area contributed by atoms with E-state index >= 15 is 0 Å². The highest BCUT2D eigenvalue weighted by Crippen LogP contribution is 2.59. The van der Waals surface area contributed by atoms with Crippen molar-refractivity contribution in [1.82, 2.24) is 4.90 Å². The largest absolute Gasteiger partial charge is 0.400 e. The third-order valence-corrected chi connectivity index (χ3v) is 5.85. The number of amides is 1. The summed E-state index contributed by atoms with van der Waals surface area (Å²) in [6, 6.07) is 3.35. The molecule has 1 aromatic rings. The van der Waals surface area contributed by atoms with E-state index in [1.54, 1.807) is 24.3 Å². The second-order valence-electron chi connectivity index (χ2n) is 6.85. The van der Waals surface area contributed by atoms with Crippen molar-refractivity contribution in [2.75, 3.05) is 18.5 Å². The van der Waals surface area contributed by atoms with E-state index in [-0.39, 0.29) is 13.0 Å². The summed E-state index contributed by atoms with van der Waals surface area (Å²) >= 11 is 0. The lowest BCUT2D eigenvalue weighted by molar-refractivity contribution is -0.547. The standard InChI is InChI=1S/C16H16F3N3O3/c1-20-10-6-3-2-5-9(10)15(14(20)23)13(22(24)25)12(16(17,18)19)11-7-4-8-21(11)15/h2-3,5-6,11-13H,4,7-8H2,1H3/t11-,12-,13+,15+/m0/s1. The highest BCUT2D eigenvalue weighted by Gasteiger charge is 2.78. The van der Waals surface area contributed by atoms with Crippen LogP contribution in [-0.2, 0) is 10.3 Å². The van der Waals surface area contributed by atoms with Gasteiger partial charge in [0.15, 0.2) is 5.54 Å². The van der Waals surface area contributed by atoms with Crippen molar-refractivity contribution < 1.29 is 22.9 Å². The molecule has 0 bridgehead atoms. The van der Waals surface area contributed by atoms with Crippen LogP contribution < -0.4 is 4.90 Å². The predicted molar refractivity (Wildman–Crippen MR) is 81.6 cm³/mol. The van der Waals surface area contributed by atoms with Crippen LogP contribution in [0, 0.1) is 16.0 Å². The molecule has 6 nitrogen and oxygen atoms in total. The van der Waals surface area contributed by atoms with E-state index in [4.69, 9.17) is 0 Å². The summed E-state index contributed by atoms with van der Waals surface area (Å²) in [7, 11) is 1.46. The first-order valence-corrected chi connectivity index (χ1v) is 8.07. The molecule has 9 heteroatoms. The number of nitro groups is 1. The first-order valence-electron chi connectivity index (χ1n) is 8.07. The van der Waals surface area contributed by atoms with Gasteiger partial charge < -0.3 is 4.90 Å². The van der Waals surface area contributed by atoms with Gasteiger partial charge in [0.05, 0.1) is 0 Å². The quantitative estimate of drug-likeness (QED) is 0.572. The number of para-hydroxylation sites is 1. The number of carbonyl (C=O) groups is 1. The van der Waals surface area contributed by atoms with E-state index in [1.165, 1.54) is 16.8 Å². The van der Waals surface area contributed by atoms with Crippen molar-refractivity contribution in [3.8, 4) is 0 Å². The van der Waals surface area contributed by atoms with E-state index < -0.39 is 40.5 Å². The summed E-state index contributed by atoms with van der Waals surface area (Å²) in [6.07, 6.45) is -4.05. The van der Waals surface area contributed by atoms with Gasteiger partial charge in [0.2, 0.25) is 0 Å². The Morgan fingerprint density at radius 3 is 2.64 bits per heavy atom. The molecular formula is C16H16F3N3O3. The van der Waals surface area contributed by atoms with E-state index in [0.29, 0.717) is 17.7 Å². The molecule has 1 aromatic carbocycles. The summed E-state index contributed by atoms with van der Waals surface area (Å²) in [6.45, 7) is 0.246. The Bertz CT molecular complexity index is 768. The van der Waals surface area contributed by atoms with Crippen LogP contribution in [0.1, 0.15) is 18.4 Å². The molecule has 4 atom stereocenters. The molecule has 2 fully saturated rings. The topological polar surface area (TPSA) is 66.7 Å². The van der Waals surface area contributed by atoms with Gasteiger partial charge in [-0.2, -0.15) is 13.2 Å². The molecular weight excluding hydrogens is 339 g/mol. The average molecular weight is 355 g/mol. The lowest BCUT2D eigenvalue weighted by Gasteiger charge is -2.33.